The molecule has 1 fully saturated rings. The van der Waals surface area contributed by atoms with E-state index in [1.54, 1.807) is 34.4 Å². The minimum absolute atomic E-state index is 0.100. The van der Waals surface area contributed by atoms with Crippen molar-refractivity contribution >= 4 is 29.1 Å². The molecule has 0 N–H and O–H groups in total. The number of hydrogen-bond acceptors (Lipinski definition) is 6. The third-order valence-corrected chi connectivity index (χ3v) is 5.87. The van der Waals surface area contributed by atoms with Crippen LogP contribution in [0.2, 0.25) is 0 Å². The molecule has 0 atom stereocenters. The van der Waals surface area contributed by atoms with Crippen molar-refractivity contribution in [2.45, 2.75) is 13.5 Å². The second-order valence-electron chi connectivity index (χ2n) is 6.86. The second kappa shape index (κ2) is 6.86. The van der Waals surface area contributed by atoms with Crippen LogP contribution in [-0.2, 0) is 6.54 Å². The van der Waals surface area contributed by atoms with Crippen LogP contribution in [-0.4, -0.2) is 70.6 Å². The number of benzene rings is 1. The Kier molecular flexibility index (Phi) is 4.53. The number of hydrogen-bond donors (Lipinski definition) is 0. The van der Waals surface area contributed by atoms with Gasteiger partial charge in [0.25, 0.3) is 17.7 Å². The summed E-state index contributed by atoms with van der Waals surface area (Å²) >= 11 is 1.65. The van der Waals surface area contributed by atoms with E-state index in [1.165, 1.54) is 7.05 Å². The summed E-state index contributed by atoms with van der Waals surface area (Å²) in [7, 11) is 1.45. The molecule has 1 aromatic heterocycles. The molecular weight excluding hydrogens is 364 g/mol. The Hall–Kier alpha value is -2.58. The molecule has 0 saturated carbocycles. The summed E-state index contributed by atoms with van der Waals surface area (Å²) in [6.45, 7) is 5.63. The number of carbonyl (C=O) groups is 3. The van der Waals surface area contributed by atoms with Crippen molar-refractivity contribution in [3.05, 3.63) is 51.0 Å². The summed E-state index contributed by atoms with van der Waals surface area (Å²) in [5.41, 5.74) is 2.20. The van der Waals surface area contributed by atoms with Gasteiger partial charge in [-0.2, -0.15) is 0 Å². The lowest BCUT2D eigenvalue weighted by atomic mass is 10.0. The number of aromatic nitrogens is 1. The molecule has 3 amide bonds. The number of imide groups is 1. The first-order valence-corrected chi connectivity index (χ1v) is 9.71. The van der Waals surface area contributed by atoms with Crippen LogP contribution in [0.25, 0.3) is 0 Å². The van der Waals surface area contributed by atoms with Crippen LogP contribution in [0.15, 0.2) is 23.6 Å². The maximum absolute atomic E-state index is 12.8. The summed E-state index contributed by atoms with van der Waals surface area (Å²) < 4.78 is 0. The normalized spacial score (nSPS) is 17.6. The van der Waals surface area contributed by atoms with Crippen molar-refractivity contribution in [2.24, 2.45) is 0 Å². The van der Waals surface area contributed by atoms with Gasteiger partial charge in [0.05, 0.1) is 21.8 Å². The van der Waals surface area contributed by atoms with Crippen LogP contribution in [0.3, 0.4) is 0 Å². The summed E-state index contributed by atoms with van der Waals surface area (Å²) in [6, 6.07) is 4.76. The number of piperazine rings is 1. The van der Waals surface area contributed by atoms with Crippen LogP contribution < -0.4 is 0 Å². The summed E-state index contributed by atoms with van der Waals surface area (Å²) in [4.78, 5) is 46.6. The molecule has 2 aliphatic heterocycles. The number of rotatable bonds is 3. The van der Waals surface area contributed by atoms with E-state index in [0.717, 1.165) is 35.2 Å². The van der Waals surface area contributed by atoms with Crippen molar-refractivity contribution in [3.63, 3.8) is 0 Å². The molecule has 0 spiro atoms. The molecule has 0 unspecified atom stereocenters. The topological polar surface area (TPSA) is 73.8 Å². The van der Waals surface area contributed by atoms with Gasteiger partial charge < -0.3 is 4.90 Å². The third-order valence-electron chi connectivity index (χ3n) is 5.05. The Morgan fingerprint density at radius 1 is 1.11 bits per heavy atom. The molecule has 7 nitrogen and oxygen atoms in total. The van der Waals surface area contributed by atoms with Gasteiger partial charge in [-0.15, -0.1) is 11.3 Å². The number of nitrogens with zero attached hydrogens (tertiary/aromatic N) is 4. The Bertz CT molecular complexity index is 931. The van der Waals surface area contributed by atoms with Crippen LogP contribution in [0.5, 0.6) is 0 Å². The smallest absolute Gasteiger partial charge is 0.261 e. The highest BCUT2D eigenvalue weighted by Gasteiger charge is 2.33. The SMILES string of the molecule is Cc1nc(CN2CCN(C(=O)c3ccc4c(c3)C(=O)N(C)C4=O)CC2)cs1. The molecule has 0 bridgehead atoms. The zero-order valence-electron chi connectivity index (χ0n) is 15.3. The summed E-state index contributed by atoms with van der Waals surface area (Å²) in [6.07, 6.45) is 0. The summed E-state index contributed by atoms with van der Waals surface area (Å²) in [5.74, 6) is -0.773. The second-order valence-corrected chi connectivity index (χ2v) is 7.92. The van der Waals surface area contributed by atoms with Crippen LogP contribution in [0.4, 0.5) is 0 Å². The Labute approximate surface area is 161 Å². The lowest BCUT2D eigenvalue weighted by Gasteiger charge is -2.34. The van der Waals surface area contributed by atoms with Crippen molar-refractivity contribution in [3.8, 4) is 0 Å². The number of aryl methyl sites for hydroxylation is 1. The van der Waals surface area contributed by atoms with E-state index in [-0.39, 0.29) is 17.7 Å². The van der Waals surface area contributed by atoms with Gasteiger partial charge in [0.15, 0.2) is 0 Å². The molecule has 3 heterocycles. The Morgan fingerprint density at radius 3 is 2.48 bits per heavy atom. The van der Waals surface area contributed by atoms with E-state index >= 15 is 0 Å². The molecule has 1 aromatic carbocycles. The first-order valence-electron chi connectivity index (χ1n) is 8.83. The molecule has 0 radical (unpaired) electrons. The van der Waals surface area contributed by atoms with E-state index in [9.17, 15) is 14.4 Å². The highest BCUT2D eigenvalue weighted by molar-refractivity contribution is 7.09. The van der Waals surface area contributed by atoms with Crippen molar-refractivity contribution in [1.29, 1.82) is 0 Å². The maximum Gasteiger partial charge on any atom is 0.261 e. The lowest BCUT2D eigenvalue weighted by molar-refractivity contribution is 0.0626. The van der Waals surface area contributed by atoms with Crippen molar-refractivity contribution in [2.75, 3.05) is 33.2 Å². The van der Waals surface area contributed by atoms with Gasteiger partial charge in [-0.1, -0.05) is 0 Å². The van der Waals surface area contributed by atoms with Gasteiger partial charge in [0.1, 0.15) is 0 Å². The monoisotopic (exact) mass is 384 g/mol. The van der Waals surface area contributed by atoms with Crippen LogP contribution in [0, 0.1) is 6.92 Å². The fraction of sp³-hybridized carbons (Fsp3) is 0.368. The molecular formula is C19H20N4O3S. The quantitative estimate of drug-likeness (QED) is 0.752. The molecule has 140 valence electrons. The van der Waals surface area contributed by atoms with E-state index in [2.05, 4.69) is 15.3 Å². The number of carbonyl (C=O) groups excluding carboxylic acids is 3. The predicted molar refractivity (Wildman–Crippen MR) is 101 cm³/mol. The molecule has 8 heteroatoms. The van der Waals surface area contributed by atoms with E-state index in [1.807, 2.05) is 6.92 Å². The average molecular weight is 384 g/mol. The predicted octanol–water partition coefficient (Wildman–Crippen LogP) is 1.64. The first-order chi connectivity index (χ1) is 12.9. The minimum atomic E-state index is -0.354. The largest absolute Gasteiger partial charge is 0.336 e. The third kappa shape index (κ3) is 3.26. The highest BCUT2D eigenvalue weighted by Crippen LogP contribution is 2.23. The standard InChI is InChI=1S/C19H20N4O3S/c1-12-20-14(11-27-12)10-22-5-7-23(8-6-22)17(24)13-3-4-15-16(9-13)19(26)21(2)18(15)25/h3-4,9,11H,5-8,10H2,1-2H3. The van der Waals surface area contributed by atoms with Gasteiger partial charge in [0.2, 0.25) is 0 Å². The van der Waals surface area contributed by atoms with Crippen molar-refractivity contribution < 1.29 is 14.4 Å². The molecule has 2 aromatic rings. The fourth-order valence-corrected chi connectivity index (χ4v) is 4.10. The van der Waals surface area contributed by atoms with Gasteiger partial charge in [-0.25, -0.2) is 4.98 Å². The zero-order valence-corrected chi connectivity index (χ0v) is 16.1. The van der Waals surface area contributed by atoms with Gasteiger partial charge in [-0.3, -0.25) is 24.2 Å². The van der Waals surface area contributed by atoms with E-state index in [0.29, 0.717) is 29.8 Å². The maximum atomic E-state index is 12.8. The van der Waals surface area contributed by atoms with Crippen LogP contribution in [0.1, 0.15) is 41.8 Å². The molecule has 4 rings (SSSR count). The Morgan fingerprint density at radius 2 is 1.81 bits per heavy atom. The van der Waals surface area contributed by atoms with Gasteiger partial charge in [0, 0.05) is 50.7 Å². The van der Waals surface area contributed by atoms with E-state index < -0.39 is 0 Å². The average Bonchev–Trinajstić information content (AvgIpc) is 3.18. The number of amides is 3. The molecule has 1 saturated heterocycles. The molecule has 2 aliphatic rings. The number of thiazole rings is 1. The van der Waals surface area contributed by atoms with Crippen molar-refractivity contribution in [1.82, 2.24) is 19.7 Å². The summed E-state index contributed by atoms with van der Waals surface area (Å²) in [5, 5.41) is 3.14. The molecule has 27 heavy (non-hydrogen) atoms. The van der Waals surface area contributed by atoms with Crippen LogP contribution >= 0.6 is 11.3 Å². The lowest BCUT2D eigenvalue weighted by Crippen LogP contribution is -2.48. The van der Waals surface area contributed by atoms with Gasteiger partial charge in [-0.05, 0) is 25.1 Å². The zero-order chi connectivity index (χ0) is 19.1. The first kappa shape index (κ1) is 17.8. The highest BCUT2D eigenvalue weighted by atomic mass is 32.1. The fourth-order valence-electron chi connectivity index (χ4n) is 3.50. The number of fused-ring (bicyclic) bond motifs is 1. The minimum Gasteiger partial charge on any atom is -0.336 e. The van der Waals surface area contributed by atoms with Gasteiger partial charge >= 0.3 is 0 Å². The van der Waals surface area contributed by atoms with E-state index in [4.69, 9.17) is 0 Å². The molecule has 0 aliphatic carbocycles. The Balaban J connectivity index is 1.41.